The van der Waals surface area contributed by atoms with Crippen molar-refractivity contribution in [3.05, 3.63) is 28.2 Å². The van der Waals surface area contributed by atoms with Gasteiger partial charge in [0.2, 0.25) is 10.0 Å². The van der Waals surface area contributed by atoms with Crippen molar-refractivity contribution in [2.45, 2.75) is 38.1 Å². The minimum absolute atomic E-state index is 0.0475. The lowest BCUT2D eigenvalue weighted by Gasteiger charge is -2.16. The molecule has 1 rings (SSSR count). The summed E-state index contributed by atoms with van der Waals surface area (Å²) in [5.74, 6) is -0.809. The minimum atomic E-state index is -3.71. The average molecular weight is 364 g/mol. The van der Waals surface area contributed by atoms with Gasteiger partial charge in [0.15, 0.2) is 0 Å². The van der Waals surface area contributed by atoms with E-state index in [-0.39, 0.29) is 16.5 Å². The second kappa shape index (κ2) is 6.69. The van der Waals surface area contributed by atoms with Crippen molar-refractivity contribution in [3.63, 3.8) is 0 Å². The van der Waals surface area contributed by atoms with Crippen molar-refractivity contribution in [2.24, 2.45) is 5.92 Å². The number of benzene rings is 1. The monoisotopic (exact) mass is 363 g/mol. The molecule has 20 heavy (non-hydrogen) atoms. The van der Waals surface area contributed by atoms with Crippen LogP contribution < -0.4 is 4.72 Å². The Balaban J connectivity index is 3.04. The molecule has 1 aromatic rings. The van der Waals surface area contributed by atoms with Crippen molar-refractivity contribution in [1.29, 1.82) is 0 Å². The molecule has 0 bridgehead atoms. The molecule has 0 amide bonds. The van der Waals surface area contributed by atoms with Crippen LogP contribution in [0.2, 0.25) is 0 Å². The van der Waals surface area contributed by atoms with Crippen LogP contribution in [-0.4, -0.2) is 25.5 Å². The van der Waals surface area contributed by atoms with Crippen molar-refractivity contribution < 1.29 is 18.3 Å². The Morgan fingerprint density at radius 2 is 1.95 bits per heavy atom. The topological polar surface area (TPSA) is 83.5 Å². The van der Waals surface area contributed by atoms with Crippen LogP contribution >= 0.6 is 15.9 Å². The zero-order valence-corrected chi connectivity index (χ0v) is 14.0. The molecule has 2 N–H and O–H groups in total. The highest BCUT2D eigenvalue weighted by molar-refractivity contribution is 9.10. The average Bonchev–Trinajstić information content (AvgIpc) is 2.26. The molecule has 0 aliphatic heterocycles. The standard InChI is InChI=1S/C13H18BrNO4S/c1-8(2)6-9(3)15-20(18,19)10-4-5-12(14)11(7-10)13(16)17/h4-5,7-9,15H,6H2,1-3H3,(H,16,17). The lowest BCUT2D eigenvalue weighted by atomic mass is 10.1. The quantitative estimate of drug-likeness (QED) is 0.813. The van der Waals surface area contributed by atoms with Crippen LogP contribution in [0.3, 0.4) is 0 Å². The Labute approximate surface area is 127 Å². The molecule has 0 heterocycles. The van der Waals surface area contributed by atoms with Gasteiger partial charge in [-0.25, -0.2) is 17.9 Å². The Bertz CT molecular complexity index is 598. The molecule has 0 saturated carbocycles. The molecule has 1 atom stereocenters. The highest BCUT2D eigenvalue weighted by Crippen LogP contribution is 2.21. The third-order valence-electron chi connectivity index (χ3n) is 2.66. The Kier molecular flexibility index (Phi) is 5.73. The molecule has 5 nitrogen and oxygen atoms in total. The normalized spacial score (nSPS) is 13.4. The predicted molar refractivity (Wildman–Crippen MR) is 80.3 cm³/mol. The van der Waals surface area contributed by atoms with Crippen molar-refractivity contribution >= 4 is 31.9 Å². The first-order valence-electron chi connectivity index (χ1n) is 6.18. The van der Waals surface area contributed by atoms with Crippen molar-refractivity contribution in [1.82, 2.24) is 4.72 Å². The smallest absolute Gasteiger partial charge is 0.336 e. The summed E-state index contributed by atoms with van der Waals surface area (Å²) in [6.07, 6.45) is 0.710. The van der Waals surface area contributed by atoms with Gasteiger partial charge in [0.05, 0.1) is 10.5 Å². The van der Waals surface area contributed by atoms with E-state index in [1.165, 1.54) is 12.1 Å². The number of sulfonamides is 1. The lowest BCUT2D eigenvalue weighted by Crippen LogP contribution is -2.33. The van der Waals surface area contributed by atoms with E-state index in [0.717, 1.165) is 6.07 Å². The maximum atomic E-state index is 12.2. The van der Waals surface area contributed by atoms with Gasteiger partial charge in [-0.3, -0.25) is 0 Å². The fraction of sp³-hybridized carbons (Fsp3) is 0.462. The molecule has 1 aromatic carbocycles. The summed E-state index contributed by atoms with van der Waals surface area (Å²) in [4.78, 5) is 11.0. The number of hydrogen-bond donors (Lipinski definition) is 2. The summed E-state index contributed by atoms with van der Waals surface area (Å²) in [5, 5.41) is 9.01. The first-order chi connectivity index (χ1) is 9.13. The number of carboxylic acid groups (broad SMARTS) is 1. The number of nitrogens with one attached hydrogen (secondary N) is 1. The van der Waals surface area contributed by atoms with Crippen LogP contribution in [0.1, 0.15) is 37.6 Å². The Morgan fingerprint density at radius 1 is 1.35 bits per heavy atom. The number of hydrogen-bond acceptors (Lipinski definition) is 3. The minimum Gasteiger partial charge on any atom is -0.478 e. The van der Waals surface area contributed by atoms with Gasteiger partial charge in [0.1, 0.15) is 0 Å². The van der Waals surface area contributed by atoms with E-state index in [0.29, 0.717) is 16.8 Å². The van der Waals surface area contributed by atoms with E-state index in [4.69, 9.17) is 5.11 Å². The van der Waals surface area contributed by atoms with E-state index in [2.05, 4.69) is 20.7 Å². The summed E-state index contributed by atoms with van der Waals surface area (Å²) >= 11 is 3.09. The van der Waals surface area contributed by atoms with Gasteiger partial charge >= 0.3 is 5.97 Å². The first kappa shape index (κ1) is 17.1. The van der Waals surface area contributed by atoms with Gasteiger partial charge in [-0.05, 0) is 53.4 Å². The molecule has 7 heteroatoms. The second-order valence-electron chi connectivity index (χ2n) is 5.10. The number of halogens is 1. The highest BCUT2D eigenvalue weighted by atomic mass is 79.9. The van der Waals surface area contributed by atoms with E-state index < -0.39 is 16.0 Å². The molecule has 0 radical (unpaired) electrons. The Hall–Kier alpha value is -0.920. The molecular formula is C13H18BrNO4S. The zero-order valence-electron chi connectivity index (χ0n) is 11.6. The van der Waals surface area contributed by atoms with Crippen LogP contribution in [-0.2, 0) is 10.0 Å². The third-order valence-corrected chi connectivity index (χ3v) is 4.94. The zero-order chi connectivity index (χ0) is 15.5. The van der Waals surface area contributed by atoms with Crippen LogP contribution in [0.15, 0.2) is 27.6 Å². The molecule has 0 aromatic heterocycles. The fourth-order valence-corrected chi connectivity index (χ4v) is 3.62. The van der Waals surface area contributed by atoms with Gasteiger partial charge in [-0.1, -0.05) is 13.8 Å². The summed E-state index contributed by atoms with van der Waals surface area (Å²) in [6, 6.07) is 3.74. The molecule has 0 fully saturated rings. The second-order valence-corrected chi connectivity index (χ2v) is 7.67. The van der Waals surface area contributed by atoms with Gasteiger partial charge < -0.3 is 5.11 Å². The Morgan fingerprint density at radius 3 is 2.45 bits per heavy atom. The van der Waals surface area contributed by atoms with Crippen LogP contribution in [0.4, 0.5) is 0 Å². The summed E-state index contributed by atoms with van der Waals surface area (Å²) in [7, 11) is -3.71. The summed E-state index contributed by atoms with van der Waals surface area (Å²) < 4.78 is 27.3. The SMILES string of the molecule is CC(C)CC(C)NS(=O)(=O)c1ccc(Br)c(C(=O)O)c1. The maximum Gasteiger partial charge on any atom is 0.336 e. The van der Waals surface area contributed by atoms with Crippen LogP contribution in [0, 0.1) is 5.92 Å². The molecule has 0 aliphatic carbocycles. The maximum absolute atomic E-state index is 12.2. The molecule has 0 saturated heterocycles. The van der Waals surface area contributed by atoms with Crippen molar-refractivity contribution in [3.8, 4) is 0 Å². The lowest BCUT2D eigenvalue weighted by molar-refractivity contribution is 0.0695. The molecule has 0 aliphatic rings. The summed E-state index contributed by atoms with van der Waals surface area (Å²) in [6.45, 7) is 5.80. The van der Waals surface area contributed by atoms with E-state index >= 15 is 0 Å². The molecule has 1 unspecified atom stereocenters. The molecule has 0 spiro atoms. The fourth-order valence-electron chi connectivity index (χ4n) is 1.92. The predicted octanol–water partition coefficient (Wildman–Crippen LogP) is 2.86. The van der Waals surface area contributed by atoms with Gasteiger partial charge in [0, 0.05) is 10.5 Å². The van der Waals surface area contributed by atoms with E-state index in [1.807, 2.05) is 13.8 Å². The third kappa shape index (κ3) is 4.57. The van der Waals surface area contributed by atoms with Crippen molar-refractivity contribution in [2.75, 3.05) is 0 Å². The number of carboxylic acids is 1. The highest BCUT2D eigenvalue weighted by Gasteiger charge is 2.20. The molecule has 112 valence electrons. The number of aromatic carboxylic acids is 1. The number of carbonyl (C=O) groups is 1. The van der Waals surface area contributed by atoms with Gasteiger partial charge in [0.25, 0.3) is 0 Å². The van der Waals surface area contributed by atoms with Crippen LogP contribution in [0.25, 0.3) is 0 Å². The van der Waals surface area contributed by atoms with E-state index in [1.54, 1.807) is 6.92 Å². The number of rotatable bonds is 6. The van der Waals surface area contributed by atoms with E-state index in [9.17, 15) is 13.2 Å². The largest absolute Gasteiger partial charge is 0.478 e. The van der Waals surface area contributed by atoms with Gasteiger partial charge in [-0.2, -0.15) is 0 Å². The summed E-state index contributed by atoms with van der Waals surface area (Å²) in [5.41, 5.74) is -0.0793. The van der Waals surface area contributed by atoms with Crippen LogP contribution in [0.5, 0.6) is 0 Å². The first-order valence-corrected chi connectivity index (χ1v) is 8.46. The molecular weight excluding hydrogens is 346 g/mol. The van der Waals surface area contributed by atoms with Gasteiger partial charge in [-0.15, -0.1) is 0 Å².